The van der Waals surface area contributed by atoms with Gasteiger partial charge in [-0.1, -0.05) is 15.9 Å². The summed E-state index contributed by atoms with van der Waals surface area (Å²) in [6.07, 6.45) is 0.462. The lowest BCUT2D eigenvalue weighted by Gasteiger charge is -2.10. The van der Waals surface area contributed by atoms with Crippen LogP contribution in [0.15, 0.2) is 22.7 Å². The van der Waals surface area contributed by atoms with Gasteiger partial charge in [-0.3, -0.25) is 4.79 Å². The first-order valence-electron chi connectivity index (χ1n) is 4.42. The number of hydrogen-bond acceptors (Lipinski definition) is 2. The minimum absolute atomic E-state index is 0.0503. The van der Waals surface area contributed by atoms with E-state index in [0.717, 1.165) is 10.0 Å². The maximum atomic E-state index is 11.0. The highest BCUT2D eigenvalue weighted by Crippen LogP contribution is 2.32. The van der Waals surface area contributed by atoms with Crippen LogP contribution in [0.5, 0.6) is 5.75 Å². The van der Waals surface area contributed by atoms with Gasteiger partial charge in [0.15, 0.2) is 0 Å². The number of halogens is 1. The van der Waals surface area contributed by atoms with E-state index < -0.39 is 0 Å². The molecule has 1 fully saturated rings. The number of carbonyl (C=O) groups excluding carboxylic acids is 1. The molecule has 0 radical (unpaired) electrons. The highest BCUT2D eigenvalue weighted by atomic mass is 79.9. The normalized spacial score (nSPS) is 20.9. The Balaban J connectivity index is 2.31. The summed E-state index contributed by atoms with van der Waals surface area (Å²) in [7, 11) is 0. The van der Waals surface area contributed by atoms with Gasteiger partial charge in [0.1, 0.15) is 5.75 Å². The number of phenols is 1. The van der Waals surface area contributed by atoms with Crippen molar-refractivity contribution in [3.8, 4) is 5.75 Å². The van der Waals surface area contributed by atoms with Gasteiger partial charge in [0.05, 0.1) is 0 Å². The van der Waals surface area contributed by atoms with E-state index in [1.165, 1.54) is 0 Å². The predicted octanol–water partition coefficient (Wildman–Crippen LogP) is 1.76. The SMILES string of the molecule is O=C1CC(c2cc(Br)ccc2O)CN1. The minimum atomic E-state index is 0.0503. The Morgan fingerprint density at radius 3 is 2.93 bits per heavy atom. The molecule has 1 aromatic rings. The third-order valence-corrected chi connectivity index (χ3v) is 2.90. The van der Waals surface area contributed by atoms with Crippen LogP contribution in [0.3, 0.4) is 0 Å². The second-order valence-corrected chi connectivity index (χ2v) is 4.32. The number of nitrogens with one attached hydrogen (secondary N) is 1. The Bertz CT molecular complexity index is 378. The first-order valence-corrected chi connectivity index (χ1v) is 5.21. The molecule has 1 saturated heterocycles. The molecule has 1 atom stereocenters. The van der Waals surface area contributed by atoms with E-state index >= 15 is 0 Å². The first-order chi connectivity index (χ1) is 6.66. The largest absolute Gasteiger partial charge is 0.508 e. The standard InChI is InChI=1S/C10H10BrNO2/c11-7-1-2-9(13)8(4-7)6-3-10(14)12-5-6/h1-2,4,6,13H,3,5H2,(H,12,14). The van der Waals surface area contributed by atoms with E-state index in [1.807, 2.05) is 6.07 Å². The molecule has 1 aliphatic heterocycles. The van der Waals surface area contributed by atoms with Crippen LogP contribution in [0.2, 0.25) is 0 Å². The molecule has 0 bridgehead atoms. The number of hydrogen-bond donors (Lipinski definition) is 2. The molecule has 14 heavy (non-hydrogen) atoms. The fraction of sp³-hybridized carbons (Fsp3) is 0.300. The van der Waals surface area contributed by atoms with Crippen molar-refractivity contribution in [3.05, 3.63) is 28.2 Å². The maximum absolute atomic E-state index is 11.0. The second-order valence-electron chi connectivity index (χ2n) is 3.41. The van der Waals surface area contributed by atoms with Gasteiger partial charge in [-0.25, -0.2) is 0 Å². The third-order valence-electron chi connectivity index (χ3n) is 2.41. The van der Waals surface area contributed by atoms with Crippen LogP contribution in [0.4, 0.5) is 0 Å². The van der Waals surface area contributed by atoms with Crippen LogP contribution in [0.25, 0.3) is 0 Å². The predicted molar refractivity (Wildman–Crippen MR) is 56.2 cm³/mol. The summed E-state index contributed by atoms with van der Waals surface area (Å²) in [6, 6.07) is 5.28. The van der Waals surface area contributed by atoms with Crippen LogP contribution < -0.4 is 5.32 Å². The van der Waals surface area contributed by atoms with Crippen molar-refractivity contribution in [2.24, 2.45) is 0 Å². The zero-order chi connectivity index (χ0) is 10.1. The molecular formula is C10H10BrNO2. The fourth-order valence-electron chi connectivity index (χ4n) is 1.68. The highest BCUT2D eigenvalue weighted by Gasteiger charge is 2.25. The van der Waals surface area contributed by atoms with Crippen LogP contribution in [0, 0.1) is 0 Å². The van der Waals surface area contributed by atoms with E-state index in [-0.39, 0.29) is 17.6 Å². The van der Waals surface area contributed by atoms with Gasteiger partial charge in [0.25, 0.3) is 0 Å². The molecule has 1 heterocycles. The third kappa shape index (κ3) is 1.75. The zero-order valence-electron chi connectivity index (χ0n) is 7.46. The molecule has 1 aliphatic rings. The van der Waals surface area contributed by atoms with Gasteiger partial charge < -0.3 is 10.4 Å². The van der Waals surface area contributed by atoms with Crippen LogP contribution in [-0.4, -0.2) is 17.6 Å². The lowest BCUT2D eigenvalue weighted by molar-refractivity contribution is -0.119. The Kier molecular flexibility index (Phi) is 2.46. The molecule has 2 N–H and O–H groups in total. The van der Waals surface area contributed by atoms with E-state index in [1.54, 1.807) is 12.1 Å². The van der Waals surface area contributed by atoms with Crippen LogP contribution >= 0.6 is 15.9 Å². The molecule has 0 saturated carbocycles. The van der Waals surface area contributed by atoms with Crippen molar-refractivity contribution in [2.45, 2.75) is 12.3 Å². The van der Waals surface area contributed by atoms with Gasteiger partial charge in [-0.2, -0.15) is 0 Å². The van der Waals surface area contributed by atoms with Crippen molar-refractivity contribution < 1.29 is 9.90 Å². The summed E-state index contributed by atoms with van der Waals surface area (Å²) in [5.74, 6) is 0.407. The molecule has 0 spiro atoms. The molecule has 3 nitrogen and oxygen atoms in total. The van der Waals surface area contributed by atoms with Crippen molar-refractivity contribution in [1.82, 2.24) is 5.32 Å². The average molecular weight is 256 g/mol. The van der Waals surface area contributed by atoms with Gasteiger partial charge in [-0.05, 0) is 18.2 Å². The zero-order valence-corrected chi connectivity index (χ0v) is 9.04. The number of benzene rings is 1. The Morgan fingerprint density at radius 1 is 1.50 bits per heavy atom. The van der Waals surface area contributed by atoms with Crippen LogP contribution in [0.1, 0.15) is 17.9 Å². The Hall–Kier alpha value is -1.03. The second kappa shape index (κ2) is 3.61. The highest BCUT2D eigenvalue weighted by molar-refractivity contribution is 9.10. The molecule has 74 valence electrons. The summed E-state index contributed by atoms with van der Waals surface area (Å²) in [5, 5.41) is 12.4. The molecule has 1 aromatic carbocycles. The van der Waals surface area contributed by atoms with E-state index in [9.17, 15) is 9.90 Å². The monoisotopic (exact) mass is 255 g/mol. The van der Waals surface area contributed by atoms with Gasteiger partial charge >= 0.3 is 0 Å². The van der Waals surface area contributed by atoms with E-state index in [0.29, 0.717) is 13.0 Å². The van der Waals surface area contributed by atoms with Crippen molar-refractivity contribution in [3.63, 3.8) is 0 Å². The van der Waals surface area contributed by atoms with Gasteiger partial charge in [0.2, 0.25) is 5.91 Å². The molecule has 1 unspecified atom stereocenters. The van der Waals surface area contributed by atoms with Crippen LogP contribution in [-0.2, 0) is 4.79 Å². The maximum Gasteiger partial charge on any atom is 0.220 e. The van der Waals surface area contributed by atoms with Gasteiger partial charge in [-0.15, -0.1) is 0 Å². The molecular weight excluding hydrogens is 246 g/mol. The molecule has 0 aromatic heterocycles. The lowest BCUT2D eigenvalue weighted by Crippen LogP contribution is -2.13. The molecule has 1 amide bonds. The average Bonchev–Trinajstić information content (AvgIpc) is 2.56. The van der Waals surface area contributed by atoms with E-state index in [4.69, 9.17) is 0 Å². The number of amides is 1. The van der Waals surface area contributed by atoms with Crippen molar-refractivity contribution in [2.75, 3.05) is 6.54 Å². The summed E-state index contributed by atoms with van der Waals surface area (Å²) in [5.41, 5.74) is 0.831. The number of rotatable bonds is 1. The summed E-state index contributed by atoms with van der Waals surface area (Å²) < 4.78 is 0.921. The lowest BCUT2D eigenvalue weighted by atomic mass is 9.97. The van der Waals surface area contributed by atoms with E-state index in [2.05, 4.69) is 21.2 Å². The Morgan fingerprint density at radius 2 is 2.29 bits per heavy atom. The number of aromatic hydroxyl groups is 1. The Labute approximate surface area is 90.3 Å². The quantitative estimate of drug-likeness (QED) is 0.804. The molecule has 2 rings (SSSR count). The fourth-order valence-corrected chi connectivity index (χ4v) is 2.06. The summed E-state index contributed by atoms with van der Waals surface area (Å²) in [6.45, 7) is 0.614. The number of phenolic OH excluding ortho intramolecular Hbond substituents is 1. The number of carbonyl (C=O) groups is 1. The van der Waals surface area contributed by atoms with Crippen molar-refractivity contribution in [1.29, 1.82) is 0 Å². The topological polar surface area (TPSA) is 49.3 Å². The van der Waals surface area contributed by atoms with Crippen molar-refractivity contribution >= 4 is 21.8 Å². The summed E-state index contributed by atoms with van der Waals surface area (Å²) >= 11 is 3.34. The summed E-state index contributed by atoms with van der Waals surface area (Å²) in [4.78, 5) is 11.0. The first kappa shape index (κ1) is 9.52. The smallest absolute Gasteiger partial charge is 0.220 e. The molecule has 4 heteroatoms. The molecule has 0 aliphatic carbocycles. The minimum Gasteiger partial charge on any atom is -0.508 e. The van der Waals surface area contributed by atoms with Gasteiger partial charge in [0, 0.05) is 28.9 Å².